The number of sulfone groups is 1. The molecule has 0 atom stereocenters. The molecule has 2 aromatic rings. The SMILES string of the molecule is O=C(c1ccc(NCc2ccccc2Cl)c([N+](=O)[O-])c1)N1CCS(=O)(=O)CC1. The zero-order chi connectivity index (χ0) is 20.3. The third kappa shape index (κ3) is 4.60. The summed E-state index contributed by atoms with van der Waals surface area (Å²) in [5, 5.41) is 15.0. The minimum absolute atomic E-state index is 0.0848. The molecule has 0 unspecified atom stereocenters. The highest BCUT2D eigenvalue weighted by molar-refractivity contribution is 7.91. The molecule has 0 saturated carbocycles. The van der Waals surface area contributed by atoms with Crippen molar-refractivity contribution in [2.24, 2.45) is 0 Å². The molecule has 148 valence electrons. The second kappa shape index (κ2) is 8.15. The Bertz CT molecular complexity index is 1010. The third-order valence-corrected chi connectivity index (χ3v) is 6.48. The van der Waals surface area contributed by atoms with Crippen molar-refractivity contribution in [2.45, 2.75) is 6.54 Å². The van der Waals surface area contributed by atoms with Gasteiger partial charge in [0.1, 0.15) is 5.69 Å². The van der Waals surface area contributed by atoms with Crippen LogP contribution in [0, 0.1) is 10.1 Å². The fraction of sp³-hybridized carbons (Fsp3) is 0.278. The van der Waals surface area contributed by atoms with E-state index in [-0.39, 0.29) is 48.1 Å². The average molecular weight is 424 g/mol. The number of nitrogens with one attached hydrogen (secondary N) is 1. The van der Waals surface area contributed by atoms with E-state index in [1.165, 1.54) is 23.1 Å². The molecule has 1 aliphatic heterocycles. The van der Waals surface area contributed by atoms with Crippen molar-refractivity contribution in [3.05, 3.63) is 68.7 Å². The summed E-state index contributed by atoms with van der Waals surface area (Å²) in [7, 11) is -3.12. The number of halogens is 1. The van der Waals surface area contributed by atoms with Crippen LogP contribution in [0.1, 0.15) is 15.9 Å². The smallest absolute Gasteiger partial charge is 0.293 e. The lowest BCUT2D eigenvalue weighted by atomic mass is 10.1. The van der Waals surface area contributed by atoms with Gasteiger partial charge in [-0.15, -0.1) is 0 Å². The summed E-state index contributed by atoms with van der Waals surface area (Å²) in [5.41, 5.74) is 0.965. The van der Waals surface area contributed by atoms with Gasteiger partial charge in [0, 0.05) is 36.3 Å². The fourth-order valence-electron chi connectivity index (χ4n) is 2.90. The Morgan fingerprint density at radius 3 is 2.50 bits per heavy atom. The van der Waals surface area contributed by atoms with Crippen molar-refractivity contribution in [3.8, 4) is 0 Å². The molecular weight excluding hydrogens is 406 g/mol. The number of nitro benzene ring substituents is 1. The Morgan fingerprint density at radius 2 is 1.86 bits per heavy atom. The topological polar surface area (TPSA) is 110 Å². The zero-order valence-corrected chi connectivity index (χ0v) is 16.4. The average Bonchev–Trinajstić information content (AvgIpc) is 2.66. The lowest BCUT2D eigenvalue weighted by Crippen LogP contribution is -2.43. The van der Waals surface area contributed by atoms with Gasteiger partial charge in [-0.2, -0.15) is 0 Å². The highest BCUT2D eigenvalue weighted by Gasteiger charge is 2.27. The second-order valence-electron chi connectivity index (χ2n) is 6.38. The van der Waals surface area contributed by atoms with Gasteiger partial charge in [0.05, 0.1) is 16.4 Å². The summed E-state index contributed by atoms with van der Waals surface area (Å²) in [6, 6.07) is 11.3. The van der Waals surface area contributed by atoms with E-state index in [9.17, 15) is 23.3 Å². The molecule has 2 aromatic carbocycles. The highest BCUT2D eigenvalue weighted by Crippen LogP contribution is 2.28. The molecule has 1 amide bonds. The van der Waals surface area contributed by atoms with Gasteiger partial charge < -0.3 is 10.2 Å². The minimum Gasteiger partial charge on any atom is -0.375 e. The van der Waals surface area contributed by atoms with Gasteiger partial charge in [0.15, 0.2) is 9.84 Å². The number of carbonyl (C=O) groups excluding carboxylic acids is 1. The first-order chi connectivity index (χ1) is 13.3. The van der Waals surface area contributed by atoms with Crippen molar-refractivity contribution in [3.63, 3.8) is 0 Å². The molecule has 0 radical (unpaired) electrons. The van der Waals surface area contributed by atoms with E-state index >= 15 is 0 Å². The Morgan fingerprint density at radius 1 is 1.18 bits per heavy atom. The molecule has 0 aromatic heterocycles. The minimum atomic E-state index is -3.12. The summed E-state index contributed by atoms with van der Waals surface area (Å²) < 4.78 is 23.0. The van der Waals surface area contributed by atoms with Crippen LogP contribution >= 0.6 is 11.6 Å². The molecular formula is C18H18ClN3O5S. The van der Waals surface area contributed by atoms with Crippen molar-refractivity contribution in [2.75, 3.05) is 29.9 Å². The Hall–Kier alpha value is -2.65. The van der Waals surface area contributed by atoms with Gasteiger partial charge in [-0.1, -0.05) is 29.8 Å². The Kier molecular flexibility index (Phi) is 5.85. The summed E-state index contributed by atoms with van der Waals surface area (Å²) in [6.45, 7) is 0.459. The van der Waals surface area contributed by atoms with Gasteiger partial charge in [0.2, 0.25) is 0 Å². The van der Waals surface area contributed by atoms with Gasteiger partial charge in [-0.05, 0) is 23.8 Å². The van der Waals surface area contributed by atoms with E-state index in [0.29, 0.717) is 5.02 Å². The number of anilines is 1. The van der Waals surface area contributed by atoms with Crippen molar-refractivity contribution in [1.82, 2.24) is 4.90 Å². The predicted molar refractivity (Wildman–Crippen MR) is 106 cm³/mol. The molecule has 3 rings (SSSR count). The first-order valence-electron chi connectivity index (χ1n) is 8.52. The number of hydrogen-bond acceptors (Lipinski definition) is 6. The van der Waals surface area contributed by atoms with Crippen LogP contribution in [0.3, 0.4) is 0 Å². The van der Waals surface area contributed by atoms with Crippen molar-refractivity contribution in [1.29, 1.82) is 0 Å². The van der Waals surface area contributed by atoms with Crippen LogP contribution in [0.15, 0.2) is 42.5 Å². The van der Waals surface area contributed by atoms with Crippen LogP contribution in [0.5, 0.6) is 0 Å². The van der Waals surface area contributed by atoms with E-state index in [0.717, 1.165) is 5.56 Å². The number of rotatable bonds is 5. The van der Waals surface area contributed by atoms with Gasteiger partial charge >= 0.3 is 0 Å². The first-order valence-corrected chi connectivity index (χ1v) is 10.7. The lowest BCUT2D eigenvalue weighted by Gasteiger charge is -2.26. The molecule has 8 nitrogen and oxygen atoms in total. The molecule has 10 heteroatoms. The monoisotopic (exact) mass is 423 g/mol. The van der Waals surface area contributed by atoms with Gasteiger partial charge in [-0.25, -0.2) is 8.42 Å². The fourth-order valence-corrected chi connectivity index (χ4v) is 4.30. The maximum absolute atomic E-state index is 12.6. The number of hydrogen-bond donors (Lipinski definition) is 1. The molecule has 1 heterocycles. The maximum atomic E-state index is 12.6. The standard InChI is InChI=1S/C18H18ClN3O5S/c19-15-4-2-1-3-14(15)12-20-16-6-5-13(11-17(16)22(24)25)18(23)21-7-9-28(26,27)10-8-21/h1-6,11,20H,7-10,12H2. The van der Waals surface area contributed by atoms with Crippen LogP contribution in [0.4, 0.5) is 11.4 Å². The van der Waals surface area contributed by atoms with Crippen molar-refractivity contribution >= 4 is 38.7 Å². The van der Waals surface area contributed by atoms with Crippen LogP contribution < -0.4 is 5.32 Å². The number of carbonyl (C=O) groups is 1. The van der Waals surface area contributed by atoms with E-state index in [1.807, 2.05) is 12.1 Å². The van der Waals surface area contributed by atoms with E-state index in [1.54, 1.807) is 12.1 Å². The Labute approximate surface area is 167 Å². The molecule has 1 fully saturated rings. The van der Waals surface area contributed by atoms with Gasteiger partial charge in [0.25, 0.3) is 11.6 Å². The normalized spacial score (nSPS) is 15.8. The molecule has 28 heavy (non-hydrogen) atoms. The van der Waals surface area contributed by atoms with Crippen LogP contribution in [-0.4, -0.2) is 48.7 Å². The number of nitro groups is 1. The summed E-state index contributed by atoms with van der Waals surface area (Å²) in [5.74, 6) is -0.618. The third-order valence-electron chi connectivity index (χ3n) is 4.50. The summed E-state index contributed by atoms with van der Waals surface area (Å²) >= 11 is 6.10. The largest absolute Gasteiger partial charge is 0.375 e. The van der Waals surface area contributed by atoms with E-state index in [4.69, 9.17) is 11.6 Å². The molecule has 1 aliphatic rings. The number of amides is 1. The second-order valence-corrected chi connectivity index (χ2v) is 9.09. The van der Waals surface area contributed by atoms with E-state index in [2.05, 4.69) is 5.32 Å². The zero-order valence-electron chi connectivity index (χ0n) is 14.8. The van der Waals surface area contributed by atoms with Crippen LogP contribution in [0.25, 0.3) is 0 Å². The van der Waals surface area contributed by atoms with Crippen molar-refractivity contribution < 1.29 is 18.1 Å². The molecule has 1 N–H and O–H groups in total. The van der Waals surface area contributed by atoms with E-state index < -0.39 is 20.7 Å². The molecule has 0 aliphatic carbocycles. The van der Waals surface area contributed by atoms with Crippen LogP contribution in [0.2, 0.25) is 5.02 Å². The summed E-state index contributed by atoms with van der Waals surface area (Å²) in [4.78, 5) is 24.9. The van der Waals surface area contributed by atoms with Gasteiger partial charge in [-0.3, -0.25) is 14.9 Å². The lowest BCUT2D eigenvalue weighted by molar-refractivity contribution is -0.384. The number of benzene rings is 2. The maximum Gasteiger partial charge on any atom is 0.293 e. The quantitative estimate of drug-likeness (QED) is 0.584. The highest BCUT2D eigenvalue weighted by atomic mass is 35.5. The summed E-state index contributed by atoms with van der Waals surface area (Å²) in [6.07, 6.45) is 0. The molecule has 1 saturated heterocycles. The Balaban J connectivity index is 1.78. The number of nitrogens with zero attached hydrogens (tertiary/aromatic N) is 2. The van der Waals surface area contributed by atoms with Crippen LogP contribution in [-0.2, 0) is 16.4 Å². The molecule has 0 spiro atoms. The molecule has 0 bridgehead atoms. The predicted octanol–water partition coefficient (Wildman–Crippen LogP) is 2.73. The first kappa shape index (κ1) is 20.1.